The molecule has 0 bridgehead atoms. The number of halogens is 2. The number of amides is 1. The lowest BCUT2D eigenvalue weighted by Crippen LogP contribution is -2.35. The van der Waals surface area contributed by atoms with Crippen LogP contribution >= 0.6 is 23.2 Å². The van der Waals surface area contributed by atoms with Crippen molar-refractivity contribution >= 4 is 29.1 Å². The molecule has 2 aromatic rings. The van der Waals surface area contributed by atoms with Crippen LogP contribution < -0.4 is 10.1 Å². The zero-order valence-electron chi connectivity index (χ0n) is 12.0. The zero-order chi connectivity index (χ0) is 15.7. The van der Waals surface area contributed by atoms with E-state index in [4.69, 9.17) is 27.9 Å². The summed E-state index contributed by atoms with van der Waals surface area (Å²) >= 11 is 12.3. The number of methoxy groups -OCH3 is 1. The summed E-state index contributed by atoms with van der Waals surface area (Å²) in [4.78, 5) is 12.7. The standard InChI is InChI=1S/C17H15Cl2NO2/c1-22-15-13(19)8-7-12(18)14(15)16(21)20-17(9-10-17)11-5-3-2-4-6-11/h2-8H,9-10H2,1H3,(H,20,21). The number of carbonyl (C=O) groups is 1. The Morgan fingerprint density at radius 1 is 1.09 bits per heavy atom. The molecular weight excluding hydrogens is 321 g/mol. The SMILES string of the molecule is COc1c(Cl)ccc(Cl)c1C(=O)NC1(c2ccccc2)CC1. The highest BCUT2D eigenvalue weighted by atomic mass is 35.5. The summed E-state index contributed by atoms with van der Waals surface area (Å²) < 4.78 is 5.24. The van der Waals surface area contributed by atoms with Crippen LogP contribution in [-0.2, 0) is 5.54 Å². The van der Waals surface area contributed by atoms with E-state index in [0.29, 0.717) is 15.8 Å². The van der Waals surface area contributed by atoms with Crippen LogP contribution in [0, 0.1) is 0 Å². The van der Waals surface area contributed by atoms with Gasteiger partial charge in [-0.25, -0.2) is 0 Å². The Morgan fingerprint density at radius 3 is 2.32 bits per heavy atom. The fourth-order valence-corrected chi connectivity index (χ4v) is 3.06. The molecule has 3 nitrogen and oxygen atoms in total. The lowest BCUT2D eigenvalue weighted by atomic mass is 10.0. The van der Waals surface area contributed by atoms with E-state index in [1.807, 2.05) is 30.3 Å². The van der Waals surface area contributed by atoms with Gasteiger partial charge in [0.2, 0.25) is 0 Å². The lowest BCUT2D eigenvalue weighted by molar-refractivity contribution is 0.0928. The van der Waals surface area contributed by atoms with Gasteiger partial charge in [0.1, 0.15) is 5.56 Å². The van der Waals surface area contributed by atoms with Gasteiger partial charge >= 0.3 is 0 Å². The maximum atomic E-state index is 12.7. The van der Waals surface area contributed by atoms with Crippen LogP contribution in [0.3, 0.4) is 0 Å². The average Bonchev–Trinajstić information content (AvgIpc) is 3.30. The molecule has 0 heterocycles. The minimum absolute atomic E-state index is 0.272. The first-order valence-corrected chi connectivity index (χ1v) is 7.73. The molecule has 2 aromatic carbocycles. The second-order valence-electron chi connectivity index (χ2n) is 5.34. The molecule has 1 saturated carbocycles. The molecule has 0 radical (unpaired) electrons. The van der Waals surface area contributed by atoms with Crippen LogP contribution in [0.25, 0.3) is 0 Å². The summed E-state index contributed by atoms with van der Waals surface area (Å²) in [7, 11) is 1.47. The van der Waals surface area contributed by atoms with Gasteiger partial charge in [-0.3, -0.25) is 4.79 Å². The van der Waals surface area contributed by atoms with E-state index < -0.39 is 0 Å². The summed E-state index contributed by atoms with van der Waals surface area (Å²) in [5.74, 6) is 0.0289. The molecule has 0 saturated heterocycles. The third-order valence-corrected chi connectivity index (χ3v) is 4.53. The van der Waals surface area contributed by atoms with Gasteiger partial charge in [-0.2, -0.15) is 0 Å². The van der Waals surface area contributed by atoms with Gasteiger partial charge in [0.05, 0.1) is 22.7 Å². The van der Waals surface area contributed by atoms with Crippen molar-refractivity contribution in [2.24, 2.45) is 0 Å². The Balaban J connectivity index is 1.92. The molecule has 1 amide bonds. The van der Waals surface area contributed by atoms with E-state index in [-0.39, 0.29) is 17.0 Å². The molecule has 5 heteroatoms. The molecule has 3 rings (SSSR count). The van der Waals surface area contributed by atoms with E-state index in [2.05, 4.69) is 5.32 Å². The van der Waals surface area contributed by atoms with Gasteiger partial charge in [0.15, 0.2) is 5.75 Å². The normalized spacial score (nSPS) is 15.2. The Morgan fingerprint density at radius 2 is 1.73 bits per heavy atom. The fourth-order valence-electron chi connectivity index (χ4n) is 2.59. The van der Waals surface area contributed by atoms with Crippen LogP contribution in [-0.4, -0.2) is 13.0 Å². The first kappa shape index (κ1) is 15.2. The van der Waals surface area contributed by atoms with Gasteiger partial charge in [0, 0.05) is 0 Å². The highest BCUT2D eigenvalue weighted by Gasteiger charge is 2.46. The lowest BCUT2D eigenvalue weighted by Gasteiger charge is -2.20. The monoisotopic (exact) mass is 335 g/mol. The largest absolute Gasteiger partial charge is 0.494 e. The van der Waals surface area contributed by atoms with Crippen molar-refractivity contribution in [3.05, 3.63) is 63.6 Å². The topological polar surface area (TPSA) is 38.3 Å². The number of hydrogen-bond acceptors (Lipinski definition) is 2. The van der Waals surface area contributed by atoms with Gasteiger partial charge in [-0.15, -0.1) is 0 Å². The van der Waals surface area contributed by atoms with Crippen molar-refractivity contribution in [3.8, 4) is 5.75 Å². The highest BCUT2D eigenvalue weighted by Crippen LogP contribution is 2.46. The zero-order valence-corrected chi connectivity index (χ0v) is 13.5. The Hall–Kier alpha value is -1.71. The minimum Gasteiger partial charge on any atom is -0.494 e. The van der Waals surface area contributed by atoms with Crippen molar-refractivity contribution in [1.82, 2.24) is 5.32 Å². The maximum Gasteiger partial charge on any atom is 0.257 e. The molecule has 1 fully saturated rings. The predicted molar refractivity (Wildman–Crippen MR) is 87.8 cm³/mol. The van der Waals surface area contributed by atoms with Crippen molar-refractivity contribution in [2.75, 3.05) is 7.11 Å². The molecule has 0 aliphatic heterocycles. The molecule has 22 heavy (non-hydrogen) atoms. The van der Waals surface area contributed by atoms with Crippen molar-refractivity contribution < 1.29 is 9.53 Å². The van der Waals surface area contributed by atoms with E-state index in [9.17, 15) is 4.79 Å². The average molecular weight is 336 g/mol. The van der Waals surface area contributed by atoms with Crippen LogP contribution in [0.1, 0.15) is 28.8 Å². The fraction of sp³-hybridized carbons (Fsp3) is 0.235. The molecule has 0 aromatic heterocycles. The predicted octanol–water partition coefficient (Wildman–Crippen LogP) is 4.42. The summed E-state index contributed by atoms with van der Waals surface area (Å²) in [6.07, 6.45) is 1.81. The van der Waals surface area contributed by atoms with Crippen LogP contribution in [0.2, 0.25) is 10.0 Å². The Kier molecular flexibility index (Phi) is 4.02. The van der Waals surface area contributed by atoms with E-state index in [1.54, 1.807) is 12.1 Å². The summed E-state index contributed by atoms with van der Waals surface area (Å²) in [6, 6.07) is 13.1. The summed E-state index contributed by atoms with van der Waals surface area (Å²) in [5, 5.41) is 3.77. The Bertz CT molecular complexity index is 712. The number of nitrogens with one attached hydrogen (secondary N) is 1. The van der Waals surface area contributed by atoms with E-state index in [0.717, 1.165) is 18.4 Å². The number of rotatable bonds is 4. The molecule has 0 unspecified atom stereocenters. The summed E-state index contributed by atoms with van der Waals surface area (Å²) in [6.45, 7) is 0. The minimum atomic E-state index is -0.311. The van der Waals surface area contributed by atoms with Gasteiger partial charge in [-0.1, -0.05) is 53.5 Å². The number of carbonyl (C=O) groups excluding carboxylic acids is 1. The molecule has 1 aliphatic carbocycles. The number of ether oxygens (including phenoxy) is 1. The van der Waals surface area contributed by atoms with Crippen molar-refractivity contribution in [2.45, 2.75) is 18.4 Å². The second-order valence-corrected chi connectivity index (χ2v) is 6.15. The molecular formula is C17H15Cl2NO2. The van der Waals surface area contributed by atoms with Crippen molar-refractivity contribution in [3.63, 3.8) is 0 Å². The molecule has 0 spiro atoms. The summed E-state index contributed by atoms with van der Waals surface area (Å²) in [5.41, 5.74) is 1.06. The van der Waals surface area contributed by atoms with E-state index in [1.165, 1.54) is 7.11 Å². The first-order valence-electron chi connectivity index (χ1n) is 6.97. The number of benzene rings is 2. The van der Waals surface area contributed by atoms with Gasteiger partial charge in [0.25, 0.3) is 5.91 Å². The van der Waals surface area contributed by atoms with Crippen LogP contribution in [0.15, 0.2) is 42.5 Å². The molecule has 0 atom stereocenters. The molecule has 114 valence electrons. The smallest absolute Gasteiger partial charge is 0.257 e. The number of hydrogen-bond donors (Lipinski definition) is 1. The van der Waals surface area contributed by atoms with Gasteiger partial charge < -0.3 is 10.1 Å². The van der Waals surface area contributed by atoms with Crippen LogP contribution in [0.5, 0.6) is 5.75 Å². The Labute approximate surface area is 139 Å². The maximum absolute atomic E-state index is 12.7. The molecule has 1 aliphatic rings. The van der Waals surface area contributed by atoms with Crippen molar-refractivity contribution in [1.29, 1.82) is 0 Å². The molecule has 1 N–H and O–H groups in total. The van der Waals surface area contributed by atoms with E-state index >= 15 is 0 Å². The third-order valence-electron chi connectivity index (χ3n) is 3.92. The van der Waals surface area contributed by atoms with Gasteiger partial charge in [-0.05, 0) is 30.5 Å². The third kappa shape index (κ3) is 2.67. The van der Waals surface area contributed by atoms with Crippen LogP contribution in [0.4, 0.5) is 0 Å². The first-order chi connectivity index (χ1) is 10.6. The highest BCUT2D eigenvalue weighted by molar-refractivity contribution is 6.37. The second kappa shape index (κ2) is 5.82. The quantitative estimate of drug-likeness (QED) is 0.897.